The quantitative estimate of drug-likeness (QED) is 0.267. The number of β-lactam (4-membered cyclic amide) rings is 1. The molecule has 3 heterocycles. The maximum absolute atomic E-state index is 12.8. The van der Waals surface area contributed by atoms with Gasteiger partial charge in [-0.3, -0.25) is 19.3 Å². The minimum absolute atomic E-state index is 0.0905. The van der Waals surface area contributed by atoms with E-state index in [2.05, 4.69) is 20.8 Å². The van der Waals surface area contributed by atoms with Crippen molar-refractivity contribution in [2.45, 2.75) is 18.3 Å². The van der Waals surface area contributed by atoms with E-state index in [9.17, 15) is 24.3 Å². The molecule has 1 aromatic heterocycles. The maximum atomic E-state index is 12.8. The number of carbonyl (C=O) groups is 4. The van der Waals surface area contributed by atoms with Crippen LogP contribution in [-0.2, 0) is 28.8 Å². The Morgan fingerprint density at radius 2 is 2.13 bits per heavy atom. The molecule has 12 nitrogen and oxygen atoms in total. The molecule has 0 radical (unpaired) electrons. The van der Waals surface area contributed by atoms with Crippen molar-refractivity contribution < 1.29 is 33.9 Å². The van der Waals surface area contributed by atoms with Gasteiger partial charge in [-0.2, -0.15) is 0 Å². The molecule has 1 saturated heterocycles. The third-order valence-electron chi connectivity index (χ3n) is 4.28. The lowest BCUT2D eigenvalue weighted by atomic mass is 10.0. The number of nitrogens with one attached hydrogen (secondary N) is 2. The number of anilines is 1. The minimum Gasteiger partial charge on any atom is -0.477 e. The highest BCUT2D eigenvalue weighted by molar-refractivity contribution is 8.00. The van der Waals surface area contributed by atoms with Gasteiger partial charge in [-0.15, -0.1) is 23.1 Å². The second-order valence-electron chi connectivity index (χ2n) is 6.39. The molecule has 1 fully saturated rings. The molecule has 3 rings (SSSR count). The average Bonchev–Trinajstić information content (AvgIpc) is 3.16. The van der Waals surface area contributed by atoms with Crippen LogP contribution in [0.2, 0.25) is 0 Å². The number of hydrogen-bond donors (Lipinski definition) is 3. The van der Waals surface area contributed by atoms with Crippen molar-refractivity contribution in [2.75, 3.05) is 31.9 Å². The van der Waals surface area contributed by atoms with E-state index in [1.807, 2.05) is 0 Å². The van der Waals surface area contributed by atoms with Crippen LogP contribution in [0.25, 0.3) is 0 Å². The largest absolute Gasteiger partial charge is 0.477 e. The number of oxime groups is 1. The zero-order valence-corrected chi connectivity index (χ0v) is 18.3. The Kier molecular flexibility index (Phi) is 6.92. The van der Waals surface area contributed by atoms with Crippen LogP contribution in [0, 0.1) is 0 Å². The summed E-state index contributed by atoms with van der Waals surface area (Å²) in [6.45, 7) is 1.42. The molecule has 0 aliphatic carbocycles. The van der Waals surface area contributed by atoms with E-state index in [4.69, 9.17) is 9.57 Å². The lowest BCUT2D eigenvalue weighted by Gasteiger charge is -2.49. The number of fused-ring (bicyclic) bond motifs is 1. The molecule has 2 atom stereocenters. The standard InChI is InChI=1S/C17H19N5O7S2/c1-7(23)18-17-19-9(6-31-17)10(21-29-3)13(24)20-11-14(25)22-12(16(26)27)8(4-28-2)5-30-15(11)22/h6,11,15H,4-5H2,1-3H3,(H,20,24)(H,26,27)(H,18,19,23). The number of thiazole rings is 1. The minimum atomic E-state index is -1.23. The fourth-order valence-electron chi connectivity index (χ4n) is 3.06. The first-order valence-electron chi connectivity index (χ1n) is 8.82. The number of methoxy groups -OCH3 is 1. The first-order chi connectivity index (χ1) is 14.8. The van der Waals surface area contributed by atoms with Crippen LogP contribution in [-0.4, -0.2) is 82.4 Å². The average molecular weight is 470 g/mol. The number of aromatic nitrogens is 1. The zero-order valence-electron chi connectivity index (χ0n) is 16.7. The van der Waals surface area contributed by atoms with Gasteiger partial charge < -0.3 is 25.3 Å². The van der Waals surface area contributed by atoms with Gasteiger partial charge in [0.2, 0.25) is 5.91 Å². The Hall–Kier alpha value is -2.97. The molecule has 31 heavy (non-hydrogen) atoms. The fourth-order valence-corrected chi connectivity index (χ4v) is 5.13. The van der Waals surface area contributed by atoms with Gasteiger partial charge in [0.15, 0.2) is 10.8 Å². The number of carboxylic acid groups (broad SMARTS) is 1. The number of thioether (sulfide) groups is 1. The van der Waals surface area contributed by atoms with Gasteiger partial charge in [0.05, 0.1) is 6.61 Å². The van der Waals surface area contributed by atoms with Crippen LogP contribution >= 0.6 is 23.1 Å². The summed E-state index contributed by atoms with van der Waals surface area (Å²) in [6.07, 6.45) is 0. The molecule has 166 valence electrons. The smallest absolute Gasteiger partial charge is 0.352 e. The summed E-state index contributed by atoms with van der Waals surface area (Å²) in [5.41, 5.74) is 0.341. The third-order valence-corrected chi connectivity index (χ3v) is 6.38. The van der Waals surface area contributed by atoms with E-state index in [1.54, 1.807) is 0 Å². The van der Waals surface area contributed by atoms with Crippen molar-refractivity contribution in [2.24, 2.45) is 5.16 Å². The predicted molar refractivity (Wildman–Crippen MR) is 112 cm³/mol. The molecule has 2 aliphatic heterocycles. The molecule has 0 spiro atoms. The van der Waals surface area contributed by atoms with Gasteiger partial charge in [-0.05, 0) is 5.57 Å². The number of carboxylic acids is 1. The molecule has 14 heteroatoms. The highest BCUT2D eigenvalue weighted by Crippen LogP contribution is 2.40. The van der Waals surface area contributed by atoms with E-state index in [0.29, 0.717) is 11.3 Å². The van der Waals surface area contributed by atoms with E-state index < -0.39 is 29.2 Å². The van der Waals surface area contributed by atoms with Crippen molar-refractivity contribution in [3.8, 4) is 0 Å². The second-order valence-corrected chi connectivity index (χ2v) is 8.36. The number of nitrogens with zero attached hydrogens (tertiary/aromatic N) is 3. The Morgan fingerprint density at radius 3 is 2.74 bits per heavy atom. The molecule has 3 N–H and O–H groups in total. The van der Waals surface area contributed by atoms with Crippen LogP contribution in [0.3, 0.4) is 0 Å². The first-order valence-corrected chi connectivity index (χ1v) is 10.8. The van der Waals surface area contributed by atoms with E-state index in [-0.39, 0.29) is 34.7 Å². The molecule has 3 amide bonds. The summed E-state index contributed by atoms with van der Waals surface area (Å²) in [7, 11) is 2.69. The van der Waals surface area contributed by atoms with Crippen LogP contribution in [0.1, 0.15) is 12.6 Å². The normalized spacial score (nSPS) is 20.7. The maximum Gasteiger partial charge on any atom is 0.352 e. The van der Waals surface area contributed by atoms with Gasteiger partial charge in [-0.1, -0.05) is 5.16 Å². The van der Waals surface area contributed by atoms with Crippen LogP contribution in [0.15, 0.2) is 21.8 Å². The number of rotatable bonds is 8. The van der Waals surface area contributed by atoms with Gasteiger partial charge in [-0.25, -0.2) is 9.78 Å². The number of amides is 3. The summed E-state index contributed by atoms with van der Waals surface area (Å²) in [4.78, 5) is 58.3. The van der Waals surface area contributed by atoms with Crippen LogP contribution < -0.4 is 10.6 Å². The molecule has 0 bridgehead atoms. The summed E-state index contributed by atoms with van der Waals surface area (Å²) in [5, 5.41) is 19.5. The monoisotopic (exact) mass is 469 g/mol. The zero-order chi connectivity index (χ0) is 22.7. The fraction of sp³-hybridized carbons (Fsp3) is 0.412. The van der Waals surface area contributed by atoms with E-state index >= 15 is 0 Å². The Morgan fingerprint density at radius 1 is 1.39 bits per heavy atom. The topological polar surface area (TPSA) is 160 Å². The molecule has 2 unspecified atom stereocenters. The SMILES string of the molecule is COCC1=C(C(=O)O)N2C(=O)C(NC(=O)C(=NOC)c3csc(NC(C)=O)n3)C2SC1. The van der Waals surface area contributed by atoms with Crippen molar-refractivity contribution >= 4 is 57.6 Å². The molecule has 0 saturated carbocycles. The summed E-state index contributed by atoms with van der Waals surface area (Å²) >= 11 is 2.42. The Labute approximate surface area is 184 Å². The molecular weight excluding hydrogens is 450 g/mol. The predicted octanol–water partition coefficient (Wildman–Crippen LogP) is -0.163. The lowest BCUT2D eigenvalue weighted by Crippen LogP contribution is -2.71. The molecule has 1 aromatic rings. The second kappa shape index (κ2) is 9.45. The number of aliphatic carboxylic acids is 1. The lowest BCUT2D eigenvalue weighted by molar-refractivity contribution is -0.150. The van der Waals surface area contributed by atoms with E-state index in [0.717, 1.165) is 16.2 Å². The van der Waals surface area contributed by atoms with Crippen molar-refractivity contribution in [3.63, 3.8) is 0 Å². The third kappa shape index (κ3) is 4.55. The van der Waals surface area contributed by atoms with Gasteiger partial charge in [0, 0.05) is 25.2 Å². The Bertz CT molecular complexity index is 989. The molecule has 0 aromatic carbocycles. The molecular formula is C17H19N5O7S2. The molecule has 2 aliphatic rings. The number of ether oxygens (including phenoxy) is 1. The summed E-state index contributed by atoms with van der Waals surface area (Å²) in [5.74, 6) is -2.47. The summed E-state index contributed by atoms with van der Waals surface area (Å²) in [6, 6.07) is -0.938. The summed E-state index contributed by atoms with van der Waals surface area (Å²) < 4.78 is 5.03. The first kappa shape index (κ1) is 22.7. The van der Waals surface area contributed by atoms with Crippen LogP contribution in [0.4, 0.5) is 5.13 Å². The van der Waals surface area contributed by atoms with E-state index in [1.165, 1.54) is 38.3 Å². The van der Waals surface area contributed by atoms with Crippen molar-refractivity contribution in [1.29, 1.82) is 0 Å². The highest BCUT2D eigenvalue weighted by atomic mass is 32.2. The van der Waals surface area contributed by atoms with Crippen LogP contribution in [0.5, 0.6) is 0 Å². The highest BCUT2D eigenvalue weighted by Gasteiger charge is 2.54. The Balaban J connectivity index is 1.77. The van der Waals surface area contributed by atoms with Crippen molar-refractivity contribution in [3.05, 3.63) is 22.3 Å². The van der Waals surface area contributed by atoms with Gasteiger partial charge >= 0.3 is 5.97 Å². The van der Waals surface area contributed by atoms with Gasteiger partial charge in [0.1, 0.15) is 29.9 Å². The number of carbonyl (C=O) groups excluding carboxylic acids is 3. The van der Waals surface area contributed by atoms with Crippen molar-refractivity contribution in [1.82, 2.24) is 15.2 Å². The van der Waals surface area contributed by atoms with Gasteiger partial charge in [0.25, 0.3) is 11.8 Å². The number of hydrogen-bond acceptors (Lipinski definition) is 10.